The molecule has 3 heterocycles. The van der Waals surface area contributed by atoms with Gasteiger partial charge in [-0.2, -0.15) is 11.3 Å². The quantitative estimate of drug-likeness (QED) is 0.132. The fourth-order valence-electron chi connectivity index (χ4n) is 5.91. The smallest absolute Gasteiger partial charge is 0.0783 e. The van der Waals surface area contributed by atoms with E-state index in [1.807, 2.05) is 53.8 Å². The number of benzene rings is 3. The standard InChI is InChI=1S/C26H28NSSi.C11H8N.Ir/c1-29(2,3)24-14-8-13-23-25(24)21-12-7-11-20(26(21)28-23)22-16-15-19(17-27-22)18-9-5-4-6-10-18;1-2-6-10(7-3-1)11-8-4-5-9-12-11;/h7-8,12-18H,4-6,9-10H2,1-3H3;1-6,8-9H;/q2*-1;. The van der Waals surface area contributed by atoms with Gasteiger partial charge in [-0.3, -0.25) is 0 Å². The Morgan fingerprint density at radius 2 is 1.60 bits per heavy atom. The normalized spacial score (nSPS) is 13.8. The van der Waals surface area contributed by atoms with E-state index in [0.29, 0.717) is 5.92 Å². The van der Waals surface area contributed by atoms with Gasteiger partial charge in [-0.25, -0.2) is 0 Å². The molecule has 1 saturated carbocycles. The summed E-state index contributed by atoms with van der Waals surface area (Å²) in [6.07, 6.45) is 10.7. The Bertz CT molecular complexity index is 1700. The first kappa shape index (κ1) is 30.5. The maximum Gasteiger partial charge on any atom is 0.0783 e. The summed E-state index contributed by atoms with van der Waals surface area (Å²) in [4.78, 5) is 9.12. The first-order valence-corrected chi connectivity index (χ1v) is 19.0. The molecule has 3 aromatic heterocycles. The molecule has 215 valence electrons. The zero-order valence-electron chi connectivity index (χ0n) is 24.5. The maximum absolute atomic E-state index is 4.90. The molecule has 1 radical (unpaired) electrons. The van der Waals surface area contributed by atoms with Crippen LogP contribution in [0.4, 0.5) is 0 Å². The Labute approximate surface area is 268 Å². The predicted molar refractivity (Wildman–Crippen MR) is 179 cm³/mol. The molecule has 42 heavy (non-hydrogen) atoms. The molecule has 0 aliphatic heterocycles. The minimum Gasteiger partial charge on any atom is -0.305 e. The van der Waals surface area contributed by atoms with Crippen LogP contribution in [0.3, 0.4) is 0 Å². The van der Waals surface area contributed by atoms with E-state index in [2.05, 4.69) is 85.4 Å². The van der Waals surface area contributed by atoms with Crippen molar-refractivity contribution in [3.8, 4) is 22.5 Å². The second-order valence-electron chi connectivity index (χ2n) is 11.9. The van der Waals surface area contributed by atoms with Gasteiger partial charge in [0.2, 0.25) is 0 Å². The number of pyridine rings is 2. The minimum absolute atomic E-state index is 0. The third-order valence-electron chi connectivity index (χ3n) is 8.03. The van der Waals surface area contributed by atoms with Crippen molar-refractivity contribution in [2.75, 3.05) is 0 Å². The third-order valence-corrected chi connectivity index (χ3v) is 11.3. The molecule has 6 aromatic rings. The fourth-order valence-corrected chi connectivity index (χ4v) is 8.85. The zero-order valence-corrected chi connectivity index (χ0v) is 28.7. The van der Waals surface area contributed by atoms with Gasteiger partial charge < -0.3 is 9.97 Å². The molecule has 0 amide bonds. The number of nitrogens with zero attached hydrogens (tertiary/aromatic N) is 2. The van der Waals surface area contributed by atoms with Crippen LogP contribution >= 0.6 is 11.3 Å². The van der Waals surface area contributed by atoms with E-state index in [0.717, 1.165) is 22.5 Å². The van der Waals surface area contributed by atoms with Gasteiger partial charge in [-0.1, -0.05) is 85.9 Å². The van der Waals surface area contributed by atoms with E-state index >= 15 is 0 Å². The summed E-state index contributed by atoms with van der Waals surface area (Å²) < 4.78 is 2.71. The number of hydrogen-bond donors (Lipinski definition) is 0. The molecule has 0 N–H and O–H groups in total. The van der Waals surface area contributed by atoms with Crippen molar-refractivity contribution < 1.29 is 20.1 Å². The van der Waals surface area contributed by atoms with Gasteiger partial charge in [0.05, 0.1) is 8.07 Å². The van der Waals surface area contributed by atoms with Gasteiger partial charge in [0.15, 0.2) is 0 Å². The number of rotatable bonds is 4. The van der Waals surface area contributed by atoms with E-state index in [1.54, 1.807) is 11.4 Å². The van der Waals surface area contributed by atoms with Gasteiger partial charge in [-0.05, 0) is 57.9 Å². The summed E-state index contributed by atoms with van der Waals surface area (Å²) >= 11 is 1.90. The third kappa shape index (κ3) is 6.66. The molecule has 3 aromatic carbocycles. The number of aromatic nitrogens is 2. The molecule has 5 heteroatoms. The second kappa shape index (κ2) is 13.6. The van der Waals surface area contributed by atoms with Crippen molar-refractivity contribution in [2.45, 2.75) is 57.7 Å². The van der Waals surface area contributed by atoms with Gasteiger partial charge in [0.25, 0.3) is 0 Å². The molecule has 1 aliphatic rings. The minimum atomic E-state index is -1.42. The van der Waals surface area contributed by atoms with E-state index in [4.69, 9.17) is 4.98 Å². The molecule has 0 atom stereocenters. The van der Waals surface area contributed by atoms with Gasteiger partial charge in [0, 0.05) is 37.2 Å². The summed E-state index contributed by atoms with van der Waals surface area (Å²) in [5, 5.41) is 4.38. The van der Waals surface area contributed by atoms with Crippen LogP contribution in [0.25, 0.3) is 42.7 Å². The van der Waals surface area contributed by atoms with Crippen molar-refractivity contribution in [1.29, 1.82) is 0 Å². The van der Waals surface area contributed by atoms with Crippen LogP contribution in [-0.2, 0) is 20.1 Å². The SMILES string of the molecule is C[Si](C)(C)c1cccc2sc3c(-c4ccc(C5CCCCC5)cn4)[c-]ccc3c12.[Ir].[c-]1ccccc1-c1ccccn1. The summed E-state index contributed by atoms with van der Waals surface area (Å²) in [7, 11) is -1.42. The summed E-state index contributed by atoms with van der Waals surface area (Å²) in [6, 6.07) is 36.0. The average Bonchev–Trinajstić information content (AvgIpc) is 3.41. The van der Waals surface area contributed by atoms with E-state index in [-0.39, 0.29) is 20.1 Å². The number of hydrogen-bond acceptors (Lipinski definition) is 3. The monoisotopic (exact) mass is 761 g/mol. The second-order valence-corrected chi connectivity index (χ2v) is 18.0. The van der Waals surface area contributed by atoms with Crippen LogP contribution in [-0.4, -0.2) is 18.0 Å². The molecule has 0 bridgehead atoms. The van der Waals surface area contributed by atoms with Crippen LogP contribution in [0.1, 0.15) is 43.6 Å². The Balaban J connectivity index is 0.000000228. The first-order valence-electron chi connectivity index (χ1n) is 14.7. The molecule has 0 saturated heterocycles. The Kier molecular flexibility index (Phi) is 9.85. The van der Waals surface area contributed by atoms with Crippen molar-refractivity contribution in [1.82, 2.24) is 9.97 Å². The Morgan fingerprint density at radius 3 is 2.29 bits per heavy atom. The summed E-state index contributed by atoms with van der Waals surface area (Å²) in [5.41, 5.74) is 5.63. The van der Waals surface area contributed by atoms with Crippen LogP contribution < -0.4 is 5.19 Å². The van der Waals surface area contributed by atoms with Crippen LogP contribution in [0, 0.1) is 12.1 Å². The molecular weight excluding hydrogens is 725 g/mol. The van der Waals surface area contributed by atoms with E-state index in [9.17, 15) is 0 Å². The largest absolute Gasteiger partial charge is 0.305 e. The van der Waals surface area contributed by atoms with Crippen LogP contribution in [0.15, 0.2) is 97.3 Å². The average molecular weight is 761 g/mol. The predicted octanol–water partition coefficient (Wildman–Crippen LogP) is 10.1. The van der Waals surface area contributed by atoms with Crippen molar-refractivity contribution in [2.24, 2.45) is 0 Å². The Morgan fingerprint density at radius 1 is 0.762 bits per heavy atom. The van der Waals surface area contributed by atoms with Gasteiger partial charge in [-0.15, -0.1) is 59.7 Å². The molecule has 0 spiro atoms. The number of thiophene rings is 1. The maximum atomic E-state index is 4.90. The number of fused-ring (bicyclic) bond motifs is 3. The molecule has 0 unspecified atom stereocenters. The molecule has 7 rings (SSSR count). The molecular formula is C37H36IrN2SSi-2. The summed E-state index contributed by atoms with van der Waals surface area (Å²) in [5.74, 6) is 0.703. The molecule has 2 nitrogen and oxygen atoms in total. The van der Waals surface area contributed by atoms with Gasteiger partial charge in [0.1, 0.15) is 0 Å². The van der Waals surface area contributed by atoms with Crippen LogP contribution in [0.5, 0.6) is 0 Å². The summed E-state index contributed by atoms with van der Waals surface area (Å²) in [6.45, 7) is 7.31. The van der Waals surface area contributed by atoms with Crippen molar-refractivity contribution in [3.63, 3.8) is 0 Å². The van der Waals surface area contributed by atoms with Gasteiger partial charge >= 0.3 is 0 Å². The van der Waals surface area contributed by atoms with E-state index < -0.39 is 8.07 Å². The fraction of sp³-hybridized carbons (Fsp3) is 0.243. The van der Waals surface area contributed by atoms with Crippen molar-refractivity contribution in [3.05, 3.63) is 115 Å². The zero-order chi connectivity index (χ0) is 28.2. The topological polar surface area (TPSA) is 25.8 Å². The van der Waals surface area contributed by atoms with Crippen molar-refractivity contribution >= 4 is 44.8 Å². The molecule has 1 fully saturated rings. The van der Waals surface area contributed by atoms with Crippen LogP contribution in [0.2, 0.25) is 19.6 Å². The molecule has 1 aliphatic carbocycles. The van der Waals surface area contributed by atoms with E-state index in [1.165, 1.54) is 57.8 Å². The first-order chi connectivity index (χ1) is 20.0. The Hall–Kier alpha value is -2.95.